The van der Waals surface area contributed by atoms with Crippen molar-refractivity contribution in [3.63, 3.8) is 0 Å². The molecule has 2 rings (SSSR count). The zero-order valence-corrected chi connectivity index (χ0v) is 13.3. The van der Waals surface area contributed by atoms with Crippen molar-refractivity contribution in [3.05, 3.63) is 0 Å². The van der Waals surface area contributed by atoms with Crippen molar-refractivity contribution in [2.75, 3.05) is 45.9 Å². The Labute approximate surface area is 128 Å². The Balaban J connectivity index is 1.56. The van der Waals surface area contributed by atoms with E-state index in [1.54, 1.807) is 0 Å². The van der Waals surface area contributed by atoms with Gasteiger partial charge in [-0.15, -0.1) is 0 Å². The highest BCUT2D eigenvalue weighted by molar-refractivity contribution is 5.76. The second-order valence-electron chi connectivity index (χ2n) is 6.25. The van der Waals surface area contributed by atoms with E-state index in [4.69, 9.17) is 10.5 Å². The van der Waals surface area contributed by atoms with Crippen LogP contribution in [0.3, 0.4) is 0 Å². The summed E-state index contributed by atoms with van der Waals surface area (Å²) in [7, 11) is 0. The minimum Gasteiger partial charge on any atom is -0.378 e. The van der Waals surface area contributed by atoms with Crippen molar-refractivity contribution in [1.29, 1.82) is 0 Å². The molecule has 21 heavy (non-hydrogen) atoms. The molecule has 0 bridgehead atoms. The number of nitrogens with two attached hydrogens (primary N) is 1. The average molecular weight is 297 g/mol. The summed E-state index contributed by atoms with van der Waals surface area (Å²) < 4.78 is 5.58. The van der Waals surface area contributed by atoms with Gasteiger partial charge in [-0.2, -0.15) is 0 Å². The van der Waals surface area contributed by atoms with E-state index >= 15 is 0 Å². The number of ether oxygens (including phenoxy) is 1. The van der Waals surface area contributed by atoms with E-state index in [1.807, 2.05) is 4.90 Å². The van der Waals surface area contributed by atoms with E-state index in [0.29, 0.717) is 18.4 Å². The summed E-state index contributed by atoms with van der Waals surface area (Å²) in [5, 5.41) is 0. The maximum Gasteiger partial charge on any atom is 0.222 e. The van der Waals surface area contributed by atoms with Crippen LogP contribution in [0, 0.1) is 0 Å². The summed E-state index contributed by atoms with van der Waals surface area (Å²) in [6, 6.07) is 0. The van der Waals surface area contributed by atoms with Crippen LogP contribution in [0.2, 0.25) is 0 Å². The molecule has 2 saturated heterocycles. The third-order valence-electron chi connectivity index (χ3n) is 4.61. The van der Waals surface area contributed by atoms with Crippen molar-refractivity contribution in [1.82, 2.24) is 9.80 Å². The van der Waals surface area contributed by atoms with Crippen molar-refractivity contribution in [3.8, 4) is 0 Å². The summed E-state index contributed by atoms with van der Waals surface area (Å²) in [4.78, 5) is 16.7. The average Bonchev–Trinajstić information content (AvgIpc) is 3.03. The summed E-state index contributed by atoms with van der Waals surface area (Å²) in [6.07, 6.45) is 7.74. The SMILES string of the molecule is NCCCCCN1CCN(C(=O)CCC2CCCO2)CC1. The molecule has 2 aliphatic rings. The first-order chi connectivity index (χ1) is 10.3. The van der Waals surface area contributed by atoms with Gasteiger partial charge in [0.1, 0.15) is 0 Å². The monoisotopic (exact) mass is 297 g/mol. The lowest BCUT2D eigenvalue weighted by Crippen LogP contribution is -2.48. The fourth-order valence-electron chi connectivity index (χ4n) is 3.19. The molecule has 5 nitrogen and oxygen atoms in total. The topological polar surface area (TPSA) is 58.8 Å². The van der Waals surface area contributed by atoms with Gasteiger partial charge in [-0.25, -0.2) is 0 Å². The van der Waals surface area contributed by atoms with E-state index in [-0.39, 0.29) is 0 Å². The molecule has 0 saturated carbocycles. The fourth-order valence-corrected chi connectivity index (χ4v) is 3.19. The van der Waals surface area contributed by atoms with Crippen LogP contribution in [0.25, 0.3) is 0 Å². The molecule has 1 amide bonds. The predicted octanol–water partition coefficient (Wildman–Crippen LogP) is 1.22. The van der Waals surface area contributed by atoms with Gasteiger partial charge in [0.15, 0.2) is 0 Å². The number of rotatable bonds is 8. The molecule has 0 aromatic heterocycles. The zero-order valence-electron chi connectivity index (χ0n) is 13.3. The van der Waals surface area contributed by atoms with Crippen LogP contribution in [-0.4, -0.2) is 67.7 Å². The quantitative estimate of drug-likeness (QED) is 0.684. The smallest absolute Gasteiger partial charge is 0.222 e. The van der Waals surface area contributed by atoms with Gasteiger partial charge in [-0.1, -0.05) is 6.42 Å². The van der Waals surface area contributed by atoms with Crippen LogP contribution in [0.15, 0.2) is 0 Å². The maximum atomic E-state index is 12.2. The number of carbonyl (C=O) groups is 1. The first kappa shape index (κ1) is 16.7. The molecule has 2 heterocycles. The normalized spacial score (nSPS) is 23.7. The van der Waals surface area contributed by atoms with Crippen LogP contribution in [-0.2, 0) is 9.53 Å². The number of amides is 1. The highest BCUT2D eigenvalue weighted by Gasteiger charge is 2.22. The van der Waals surface area contributed by atoms with Gasteiger partial charge in [0.25, 0.3) is 0 Å². The number of unbranched alkanes of at least 4 members (excludes halogenated alkanes) is 2. The Kier molecular flexibility index (Phi) is 7.47. The van der Waals surface area contributed by atoms with Gasteiger partial charge in [-0.3, -0.25) is 9.69 Å². The van der Waals surface area contributed by atoms with Gasteiger partial charge in [0.05, 0.1) is 6.10 Å². The van der Waals surface area contributed by atoms with Crippen molar-refractivity contribution in [2.45, 2.75) is 51.0 Å². The van der Waals surface area contributed by atoms with Crippen molar-refractivity contribution in [2.24, 2.45) is 5.73 Å². The Bertz CT molecular complexity index is 298. The molecule has 2 N–H and O–H groups in total. The first-order valence-corrected chi connectivity index (χ1v) is 8.61. The van der Waals surface area contributed by atoms with E-state index in [0.717, 1.165) is 71.6 Å². The first-order valence-electron chi connectivity index (χ1n) is 8.61. The van der Waals surface area contributed by atoms with Gasteiger partial charge < -0.3 is 15.4 Å². The Hall–Kier alpha value is -0.650. The maximum absolute atomic E-state index is 12.2. The lowest BCUT2D eigenvalue weighted by atomic mass is 10.1. The molecule has 2 aliphatic heterocycles. The minimum atomic E-state index is 0.313. The molecule has 0 spiro atoms. The molecule has 122 valence electrons. The molecule has 0 radical (unpaired) electrons. The summed E-state index contributed by atoms with van der Waals surface area (Å²) >= 11 is 0. The second-order valence-corrected chi connectivity index (χ2v) is 6.25. The van der Waals surface area contributed by atoms with Gasteiger partial charge in [0, 0.05) is 39.2 Å². The van der Waals surface area contributed by atoms with E-state index in [2.05, 4.69) is 4.90 Å². The van der Waals surface area contributed by atoms with Crippen LogP contribution in [0.5, 0.6) is 0 Å². The minimum absolute atomic E-state index is 0.313. The van der Waals surface area contributed by atoms with Crippen LogP contribution in [0.1, 0.15) is 44.9 Å². The van der Waals surface area contributed by atoms with Crippen molar-refractivity contribution >= 4 is 5.91 Å². The van der Waals surface area contributed by atoms with Gasteiger partial charge in [0.2, 0.25) is 5.91 Å². The van der Waals surface area contributed by atoms with E-state index in [1.165, 1.54) is 12.8 Å². The Morgan fingerprint density at radius 2 is 1.95 bits per heavy atom. The van der Waals surface area contributed by atoms with Crippen LogP contribution < -0.4 is 5.73 Å². The fraction of sp³-hybridized carbons (Fsp3) is 0.938. The van der Waals surface area contributed by atoms with Crippen molar-refractivity contribution < 1.29 is 9.53 Å². The van der Waals surface area contributed by atoms with Gasteiger partial charge in [-0.05, 0) is 45.2 Å². The molecule has 1 atom stereocenters. The van der Waals surface area contributed by atoms with Crippen LogP contribution >= 0.6 is 0 Å². The summed E-state index contributed by atoms with van der Waals surface area (Å²) in [6.45, 7) is 6.65. The number of piperazine rings is 1. The van der Waals surface area contributed by atoms with E-state index < -0.39 is 0 Å². The van der Waals surface area contributed by atoms with Crippen LogP contribution in [0.4, 0.5) is 0 Å². The highest BCUT2D eigenvalue weighted by atomic mass is 16.5. The molecule has 2 fully saturated rings. The summed E-state index contributed by atoms with van der Waals surface area (Å²) in [5.41, 5.74) is 5.51. The highest BCUT2D eigenvalue weighted by Crippen LogP contribution is 2.17. The largest absolute Gasteiger partial charge is 0.378 e. The number of hydrogen-bond acceptors (Lipinski definition) is 4. The van der Waals surface area contributed by atoms with Gasteiger partial charge >= 0.3 is 0 Å². The Morgan fingerprint density at radius 1 is 1.14 bits per heavy atom. The third kappa shape index (κ3) is 5.93. The lowest BCUT2D eigenvalue weighted by Gasteiger charge is -2.35. The lowest BCUT2D eigenvalue weighted by molar-refractivity contribution is -0.133. The van der Waals surface area contributed by atoms with E-state index in [9.17, 15) is 4.79 Å². The summed E-state index contributed by atoms with van der Waals surface area (Å²) in [5.74, 6) is 0.313. The standard InChI is InChI=1S/C16H31N3O2/c17-8-2-1-3-9-18-10-12-19(13-11-18)16(20)7-6-15-5-4-14-21-15/h15H,1-14,17H2. The molecular formula is C16H31N3O2. The molecule has 1 unspecified atom stereocenters. The second kappa shape index (κ2) is 9.38. The zero-order chi connectivity index (χ0) is 14.9. The molecule has 0 aromatic carbocycles. The number of nitrogens with zero attached hydrogens (tertiary/aromatic N) is 2. The number of hydrogen-bond donors (Lipinski definition) is 1. The predicted molar refractivity (Wildman–Crippen MR) is 84.1 cm³/mol. The molecule has 0 aromatic rings. The molecular weight excluding hydrogens is 266 g/mol. The Morgan fingerprint density at radius 3 is 2.62 bits per heavy atom. The molecule has 5 heteroatoms. The molecule has 0 aliphatic carbocycles. The number of carbonyl (C=O) groups excluding carboxylic acids is 1. The third-order valence-corrected chi connectivity index (χ3v) is 4.61.